The fraction of sp³-hybridized carbons (Fsp3) is 0.278. The lowest BCUT2D eigenvalue weighted by atomic mass is 10.1. The minimum Gasteiger partial charge on any atom is -0.381 e. The summed E-state index contributed by atoms with van der Waals surface area (Å²) in [5, 5.41) is 3.38. The molecule has 3 rings (SSSR count). The van der Waals surface area contributed by atoms with E-state index in [2.05, 4.69) is 34.5 Å². The highest BCUT2D eigenvalue weighted by Crippen LogP contribution is 2.19. The maximum absolute atomic E-state index is 10.8. The Kier molecular flexibility index (Phi) is 4.71. The zero-order chi connectivity index (χ0) is 15.2. The molecule has 1 N–H and O–H groups in total. The average molecular weight is 296 g/mol. The van der Waals surface area contributed by atoms with E-state index in [1.807, 2.05) is 24.3 Å². The van der Waals surface area contributed by atoms with E-state index in [0.29, 0.717) is 12.1 Å². The predicted octanol–water partition coefficient (Wildman–Crippen LogP) is 2.95. The van der Waals surface area contributed by atoms with E-state index in [-0.39, 0.29) is 0 Å². The molecule has 0 amide bonds. The molecule has 1 aliphatic rings. The smallest absolute Gasteiger partial charge is 0.150 e. The minimum atomic E-state index is 0.707. The Balaban J connectivity index is 1.59. The number of rotatable bonds is 5. The van der Waals surface area contributed by atoms with Gasteiger partial charge < -0.3 is 15.0 Å². The summed E-state index contributed by atoms with van der Waals surface area (Å²) >= 11 is 0. The summed E-state index contributed by atoms with van der Waals surface area (Å²) in [6, 6.07) is 16.1. The van der Waals surface area contributed by atoms with Crippen molar-refractivity contribution >= 4 is 17.7 Å². The zero-order valence-corrected chi connectivity index (χ0v) is 12.5. The van der Waals surface area contributed by atoms with E-state index >= 15 is 0 Å². The Morgan fingerprint density at radius 3 is 2.59 bits per heavy atom. The van der Waals surface area contributed by atoms with Crippen LogP contribution in [0.15, 0.2) is 48.5 Å². The van der Waals surface area contributed by atoms with Crippen LogP contribution in [-0.2, 0) is 11.3 Å². The van der Waals surface area contributed by atoms with Crippen molar-refractivity contribution in [2.45, 2.75) is 6.54 Å². The highest BCUT2D eigenvalue weighted by molar-refractivity contribution is 5.75. The molecule has 114 valence electrons. The SMILES string of the molecule is O=Cc1cccc(CNc2ccc(N3CCOCC3)cc2)c1. The molecule has 0 aliphatic carbocycles. The molecule has 4 heteroatoms. The fourth-order valence-electron chi connectivity index (χ4n) is 2.59. The van der Waals surface area contributed by atoms with Crippen molar-refractivity contribution in [1.82, 2.24) is 0 Å². The highest BCUT2D eigenvalue weighted by Gasteiger charge is 2.10. The van der Waals surface area contributed by atoms with E-state index in [9.17, 15) is 4.79 Å². The molecule has 1 aliphatic heterocycles. The number of ether oxygens (including phenoxy) is 1. The molecule has 0 radical (unpaired) electrons. The average Bonchev–Trinajstić information content (AvgIpc) is 2.61. The van der Waals surface area contributed by atoms with Crippen LogP contribution >= 0.6 is 0 Å². The lowest BCUT2D eigenvalue weighted by Gasteiger charge is -2.28. The third-order valence-corrected chi connectivity index (χ3v) is 3.83. The Labute approximate surface area is 130 Å². The first kappa shape index (κ1) is 14.6. The van der Waals surface area contributed by atoms with E-state index in [1.54, 1.807) is 0 Å². The number of anilines is 2. The van der Waals surface area contributed by atoms with Gasteiger partial charge in [0.05, 0.1) is 13.2 Å². The number of carbonyl (C=O) groups is 1. The van der Waals surface area contributed by atoms with Crippen LogP contribution in [0.2, 0.25) is 0 Å². The summed E-state index contributed by atoms with van der Waals surface area (Å²) in [5.41, 5.74) is 4.12. The van der Waals surface area contributed by atoms with Crippen molar-refractivity contribution in [3.8, 4) is 0 Å². The quantitative estimate of drug-likeness (QED) is 0.861. The number of hydrogen-bond donors (Lipinski definition) is 1. The lowest BCUT2D eigenvalue weighted by Crippen LogP contribution is -2.36. The summed E-state index contributed by atoms with van der Waals surface area (Å²) in [5.74, 6) is 0. The molecular formula is C18H20N2O2. The van der Waals surface area contributed by atoms with Gasteiger partial charge in [-0.15, -0.1) is 0 Å². The molecule has 4 nitrogen and oxygen atoms in total. The normalized spacial score (nSPS) is 14.6. The second kappa shape index (κ2) is 7.09. The standard InChI is InChI=1S/C18H20N2O2/c21-14-16-3-1-2-15(12-16)13-19-17-4-6-18(7-5-17)20-8-10-22-11-9-20/h1-7,12,14,19H,8-11,13H2. The first-order valence-electron chi connectivity index (χ1n) is 7.56. The van der Waals surface area contributed by atoms with Gasteiger partial charge in [0.15, 0.2) is 0 Å². The van der Waals surface area contributed by atoms with Crippen LogP contribution in [0.5, 0.6) is 0 Å². The van der Waals surface area contributed by atoms with Gasteiger partial charge in [0.1, 0.15) is 6.29 Å². The highest BCUT2D eigenvalue weighted by atomic mass is 16.5. The van der Waals surface area contributed by atoms with Crippen molar-refractivity contribution in [3.63, 3.8) is 0 Å². The monoisotopic (exact) mass is 296 g/mol. The summed E-state index contributed by atoms with van der Waals surface area (Å²) in [6.07, 6.45) is 0.876. The number of nitrogens with zero attached hydrogens (tertiary/aromatic N) is 1. The van der Waals surface area contributed by atoms with Crippen LogP contribution in [0.4, 0.5) is 11.4 Å². The lowest BCUT2D eigenvalue weighted by molar-refractivity contribution is 0.112. The maximum Gasteiger partial charge on any atom is 0.150 e. The largest absolute Gasteiger partial charge is 0.381 e. The molecule has 0 aromatic heterocycles. The number of aldehydes is 1. The molecule has 1 heterocycles. The molecule has 0 bridgehead atoms. The van der Waals surface area contributed by atoms with Crippen LogP contribution in [-0.4, -0.2) is 32.6 Å². The van der Waals surface area contributed by atoms with Gasteiger partial charge in [-0.2, -0.15) is 0 Å². The second-order valence-electron chi connectivity index (χ2n) is 5.36. The molecule has 0 unspecified atom stereocenters. The topological polar surface area (TPSA) is 41.6 Å². The second-order valence-corrected chi connectivity index (χ2v) is 5.36. The summed E-state index contributed by atoms with van der Waals surface area (Å²) in [7, 11) is 0. The molecule has 0 atom stereocenters. The number of hydrogen-bond acceptors (Lipinski definition) is 4. The van der Waals surface area contributed by atoms with Crippen LogP contribution < -0.4 is 10.2 Å². The first-order valence-corrected chi connectivity index (χ1v) is 7.56. The molecule has 2 aromatic rings. The molecule has 0 saturated carbocycles. The predicted molar refractivity (Wildman–Crippen MR) is 88.6 cm³/mol. The molecule has 1 saturated heterocycles. The number of morpholine rings is 1. The van der Waals surface area contributed by atoms with Crippen molar-refractivity contribution in [1.29, 1.82) is 0 Å². The molecule has 0 spiro atoms. The van der Waals surface area contributed by atoms with Gasteiger partial charge in [-0.1, -0.05) is 18.2 Å². The van der Waals surface area contributed by atoms with Crippen molar-refractivity contribution in [3.05, 3.63) is 59.7 Å². The Morgan fingerprint density at radius 2 is 1.86 bits per heavy atom. The van der Waals surface area contributed by atoms with Crippen LogP contribution in [0.1, 0.15) is 15.9 Å². The molecule has 2 aromatic carbocycles. The molecule has 1 fully saturated rings. The van der Waals surface area contributed by atoms with Gasteiger partial charge >= 0.3 is 0 Å². The number of carbonyl (C=O) groups excluding carboxylic acids is 1. The zero-order valence-electron chi connectivity index (χ0n) is 12.5. The molecule has 22 heavy (non-hydrogen) atoms. The van der Waals surface area contributed by atoms with Gasteiger partial charge in [-0.3, -0.25) is 4.79 Å². The van der Waals surface area contributed by atoms with Gasteiger partial charge in [0, 0.05) is 36.6 Å². The van der Waals surface area contributed by atoms with E-state index in [0.717, 1.165) is 43.8 Å². The summed E-state index contributed by atoms with van der Waals surface area (Å²) in [4.78, 5) is 13.1. The Hall–Kier alpha value is -2.33. The molecular weight excluding hydrogens is 276 g/mol. The Morgan fingerprint density at radius 1 is 1.09 bits per heavy atom. The third kappa shape index (κ3) is 3.65. The number of nitrogens with one attached hydrogen (secondary N) is 1. The summed E-state index contributed by atoms with van der Waals surface area (Å²) < 4.78 is 5.37. The maximum atomic E-state index is 10.8. The van der Waals surface area contributed by atoms with E-state index in [4.69, 9.17) is 4.74 Å². The first-order chi connectivity index (χ1) is 10.8. The van der Waals surface area contributed by atoms with Gasteiger partial charge in [0.2, 0.25) is 0 Å². The van der Waals surface area contributed by atoms with E-state index in [1.165, 1.54) is 5.69 Å². The van der Waals surface area contributed by atoms with Crippen LogP contribution in [0, 0.1) is 0 Å². The third-order valence-electron chi connectivity index (χ3n) is 3.83. The Bertz CT molecular complexity index is 619. The van der Waals surface area contributed by atoms with E-state index < -0.39 is 0 Å². The van der Waals surface area contributed by atoms with Gasteiger partial charge in [0.25, 0.3) is 0 Å². The van der Waals surface area contributed by atoms with Crippen LogP contribution in [0.3, 0.4) is 0 Å². The van der Waals surface area contributed by atoms with Gasteiger partial charge in [-0.05, 0) is 35.9 Å². The number of benzene rings is 2. The minimum absolute atomic E-state index is 0.707. The van der Waals surface area contributed by atoms with Crippen molar-refractivity contribution in [2.24, 2.45) is 0 Å². The van der Waals surface area contributed by atoms with Crippen molar-refractivity contribution in [2.75, 3.05) is 36.5 Å². The van der Waals surface area contributed by atoms with Crippen molar-refractivity contribution < 1.29 is 9.53 Å². The summed E-state index contributed by atoms with van der Waals surface area (Å²) in [6.45, 7) is 4.20. The van der Waals surface area contributed by atoms with Crippen LogP contribution in [0.25, 0.3) is 0 Å². The van der Waals surface area contributed by atoms with Gasteiger partial charge in [-0.25, -0.2) is 0 Å². The fourth-order valence-corrected chi connectivity index (χ4v) is 2.59.